The van der Waals surface area contributed by atoms with E-state index in [-0.39, 0.29) is 11.1 Å². The molecular formula is C8H11ClN2O2. The first kappa shape index (κ1) is 10.1. The standard InChI is InChI=1S/C8H11ClN2O2/c1-3-5(2)13-6-4-10-11-8(12)7(6)9/h4-5H,3H2,1-2H3,(H,11,12). The molecule has 0 aliphatic heterocycles. The molecule has 0 aliphatic rings. The Morgan fingerprint density at radius 2 is 2.46 bits per heavy atom. The van der Waals surface area contributed by atoms with Crippen molar-refractivity contribution < 1.29 is 4.74 Å². The molecule has 0 amide bonds. The van der Waals surface area contributed by atoms with Crippen LogP contribution in [0.15, 0.2) is 11.0 Å². The van der Waals surface area contributed by atoms with Crippen LogP contribution in [0.1, 0.15) is 20.3 Å². The largest absolute Gasteiger partial charge is 0.487 e. The van der Waals surface area contributed by atoms with E-state index in [1.165, 1.54) is 6.20 Å². The summed E-state index contributed by atoms with van der Waals surface area (Å²) in [7, 11) is 0. The summed E-state index contributed by atoms with van der Waals surface area (Å²) in [4.78, 5) is 11.0. The Bertz CT molecular complexity index is 337. The molecule has 0 aliphatic carbocycles. The summed E-state index contributed by atoms with van der Waals surface area (Å²) in [5, 5.41) is 5.85. The molecule has 4 nitrogen and oxygen atoms in total. The second-order valence-electron chi connectivity index (χ2n) is 2.71. The van der Waals surface area contributed by atoms with Crippen LogP contribution in [0.2, 0.25) is 5.02 Å². The summed E-state index contributed by atoms with van der Waals surface area (Å²) >= 11 is 5.69. The summed E-state index contributed by atoms with van der Waals surface area (Å²) in [5.74, 6) is 0.333. The minimum Gasteiger partial charge on any atom is -0.487 e. The van der Waals surface area contributed by atoms with Gasteiger partial charge in [0.1, 0.15) is 0 Å². The fraction of sp³-hybridized carbons (Fsp3) is 0.500. The Morgan fingerprint density at radius 3 is 3.08 bits per heavy atom. The number of aromatic amines is 1. The van der Waals surface area contributed by atoms with E-state index < -0.39 is 5.56 Å². The molecule has 1 aromatic rings. The van der Waals surface area contributed by atoms with Gasteiger partial charge in [0.2, 0.25) is 0 Å². The lowest BCUT2D eigenvalue weighted by Crippen LogP contribution is -2.15. The lowest BCUT2D eigenvalue weighted by atomic mass is 10.3. The van der Waals surface area contributed by atoms with Crippen molar-refractivity contribution in [2.24, 2.45) is 0 Å². The van der Waals surface area contributed by atoms with Crippen molar-refractivity contribution in [3.05, 3.63) is 21.6 Å². The van der Waals surface area contributed by atoms with Crippen LogP contribution >= 0.6 is 11.6 Å². The number of hydrogen-bond acceptors (Lipinski definition) is 3. The number of nitrogens with one attached hydrogen (secondary N) is 1. The molecule has 5 heteroatoms. The summed E-state index contributed by atoms with van der Waals surface area (Å²) in [5.41, 5.74) is -0.428. The van der Waals surface area contributed by atoms with Gasteiger partial charge in [0, 0.05) is 0 Å². The molecule has 0 bridgehead atoms. The van der Waals surface area contributed by atoms with Gasteiger partial charge in [-0.2, -0.15) is 5.10 Å². The van der Waals surface area contributed by atoms with Crippen molar-refractivity contribution in [2.75, 3.05) is 0 Å². The zero-order valence-corrected chi connectivity index (χ0v) is 8.26. The van der Waals surface area contributed by atoms with E-state index in [9.17, 15) is 4.79 Å². The van der Waals surface area contributed by atoms with E-state index in [0.29, 0.717) is 5.75 Å². The normalized spacial score (nSPS) is 12.5. The van der Waals surface area contributed by atoms with Gasteiger partial charge >= 0.3 is 0 Å². The second kappa shape index (κ2) is 4.28. The van der Waals surface area contributed by atoms with Crippen LogP contribution < -0.4 is 10.3 Å². The van der Waals surface area contributed by atoms with Gasteiger partial charge in [-0.05, 0) is 13.3 Å². The molecule has 0 saturated carbocycles. The van der Waals surface area contributed by atoms with Crippen molar-refractivity contribution in [1.82, 2.24) is 10.2 Å². The Labute approximate surface area is 80.9 Å². The highest BCUT2D eigenvalue weighted by Gasteiger charge is 2.08. The fourth-order valence-corrected chi connectivity index (χ4v) is 0.885. The van der Waals surface area contributed by atoms with Crippen molar-refractivity contribution in [1.29, 1.82) is 0 Å². The van der Waals surface area contributed by atoms with Crippen LogP contribution in [-0.4, -0.2) is 16.3 Å². The molecule has 0 spiro atoms. The highest BCUT2D eigenvalue weighted by molar-refractivity contribution is 6.31. The zero-order chi connectivity index (χ0) is 9.84. The topological polar surface area (TPSA) is 55.0 Å². The monoisotopic (exact) mass is 202 g/mol. The van der Waals surface area contributed by atoms with Crippen molar-refractivity contribution in [3.8, 4) is 5.75 Å². The number of aromatic nitrogens is 2. The maximum atomic E-state index is 11.0. The van der Waals surface area contributed by atoms with E-state index in [2.05, 4.69) is 10.2 Å². The average molecular weight is 203 g/mol. The SMILES string of the molecule is CCC(C)Oc1cn[nH]c(=O)c1Cl. The van der Waals surface area contributed by atoms with Crippen LogP contribution in [0.5, 0.6) is 5.75 Å². The van der Waals surface area contributed by atoms with Crippen molar-refractivity contribution >= 4 is 11.6 Å². The van der Waals surface area contributed by atoms with Crippen molar-refractivity contribution in [2.45, 2.75) is 26.4 Å². The summed E-state index contributed by atoms with van der Waals surface area (Å²) in [6.07, 6.45) is 2.28. The first-order valence-corrected chi connectivity index (χ1v) is 4.42. The van der Waals surface area contributed by atoms with Crippen LogP contribution in [0.4, 0.5) is 0 Å². The third-order valence-electron chi connectivity index (χ3n) is 1.67. The van der Waals surface area contributed by atoms with E-state index in [4.69, 9.17) is 16.3 Å². The van der Waals surface area contributed by atoms with E-state index in [1.54, 1.807) is 0 Å². The quantitative estimate of drug-likeness (QED) is 0.810. The number of hydrogen-bond donors (Lipinski definition) is 1. The van der Waals surface area contributed by atoms with Gasteiger partial charge in [0.05, 0.1) is 12.3 Å². The highest BCUT2D eigenvalue weighted by atomic mass is 35.5. The van der Waals surface area contributed by atoms with Gasteiger partial charge in [0.25, 0.3) is 5.56 Å². The number of rotatable bonds is 3. The maximum Gasteiger partial charge on any atom is 0.286 e. The van der Waals surface area contributed by atoms with Gasteiger partial charge in [-0.15, -0.1) is 0 Å². The Kier molecular flexibility index (Phi) is 3.31. The molecule has 13 heavy (non-hydrogen) atoms. The molecule has 0 saturated heterocycles. The molecule has 0 aromatic carbocycles. The Morgan fingerprint density at radius 1 is 1.77 bits per heavy atom. The van der Waals surface area contributed by atoms with E-state index in [0.717, 1.165) is 6.42 Å². The second-order valence-corrected chi connectivity index (χ2v) is 3.09. The average Bonchev–Trinajstić information content (AvgIpc) is 2.13. The fourth-order valence-electron chi connectivity index (χ4n) is 0.749. The summed E-state index contributed by atoms with van der Waals surface area (Å²) in [6, 6.07) is 0. The first-order valence-electron chi connectivity index (χ1n) is 4.05. The molecule has 1 rings (SSSR count). The van der Waals surface area contributed by atoms with Crippen molar-refractivity contribution in [3.63, 3.8) is 0 Å². The van der Waals surface area contributed by atoms with Crippen LogP contribution in [-0.2, 0) is 0 Å². The highest BCUT2D eigenvalue weighted by Crippen LogP contribution is 2.19. The van der Waals surface area contributed by atoms with Gasteiger partial charge in [0.15, 0.2) is 10.8 Å². The molecule has 1 N–H and O–H groups in total. The van der Waals surface area contributed by atoms with E-state index >= 15 is 0 Å². The Balaban J connectivity index is 2.89. The molecule has 1 atom stereocenters. The summed E-state index contributed by atoms with van der Waals surface area (Å²) < 4.78 is 5.36. The molecule has 0 fully saturated rings. The minimum absolute atomic E-state index is 0.0288. The number of nitrogens with zero attached hydrogens (tertiary/aromatic N) is 1. The molecule has 1 heterocycles. The number of ether oxygens (including phenoxy) is 1. The molecule has 1 aromatic heterocycles. The summed E-state index contributed by atoms with van der Waals surface area (Å²) in [6.45, 7) is 3.89. The molecule has 72 valence electrons. The van der Waals surface area contributed by atoms with Gasteiger partial charge in [-0.3, -0.25) is 4.79 Å². The van der Waals surface area contributed by atoms with E-state index in [1.807, 2.05) is 13.8 Å². The maximum absolute atomic E-state index is 11.0. The van der Waals surface area contributed by atoms with Crippen LogP contribution in [0.25, 0.3) is 0 Å². The molecule has 1 unspecified atom stereocenters. The molecule has 0 radical (unpaired) electrons. The van der Waals surface area contributed by atoms with Gasteiger partial charge in [-0.1, -0.05) is 18.5 Å². The van der Waals surface area contributed by atoms with Crippen LogP contribution in [0, 0.1) is 0 Å². The zero-order valence-electron chi connectivity index (χ0n) is 7.50. The van der Waals surface area contributed by atoms with Gasteiger partial charge < -0.3 is 4.74 Å². The van der Waals surface area contributed by atoms with Gasteiger partial charge in [-0.25, -0.2) is 5.10 Å². The third-order valence-corrected chi connectivity index (χ3v) is 2.02. The predicted octanol–water partition coefficient (Wildman–Crippen LogP) is 1.60. The lowest BCUT2D eigenvalue weighted by Gasteiger charge is -2.12. The smallest absolute Gasteiger partial charge is 0.286 e. The predicted molar refractivity (Wildman–Crippen MR) is 50.2 cm³/mol. The first-order chi connectivity index (χ1) is 6.15. The lowest BCUT2D eigenvalue weighted by molar-refractivity contribution is 0.216. The number of halogens is 1. The molecular weight excluding hydrogens is 192 g/mol. The van der Waals surface area contributed by atoms with Crippen LogP contribution in [0.3, 0.4) is 0 Å². The third kappa shape index (κ3) is 2.45. The minimum atomic E-state index is -0.428. The number of H-pyrrole nitrogens is 1. The Hall–Kier alpha value is -1.03.